The average Bonchev–Trinajstić information content (AvgIpc) is 3.20. The van der Waals surface area contributed by atoms with E-state index in [4.69, 9.17) is 0 Å². The largest absolute Gasteiger partial charge is 0.478 e. The second-order valence-corrected chi connectivity index (χ2v) is 9.45. The van der Waals surface area contributed by atoms with E-state index in [2.05, 4.69) is 37.7 Å². The third-order valence-electron chi connectivity index (χ3n) is 7.78. The number of piperidine rings is 1. The van der Waals surface area contributed by atoms with E-state index in [-0.39, 0.29) is 22.8 Å². The lowest BCUT2D eigenvalue weighted by Gasteiger charge is -2.56. The van der Waals surface area contributed by atoms with Crippen LogP contribution in [0.25, 0.3) is 11.0 Å². The summed E-state index contributed by atoms with van der Waals surface area (Å²) >= 11 is 0. The van der Waals surface area contributed by atoms with Crippen molar-refractivity contribution in [1.82, 2.24) is 14.9 Å². The molecule has 0 bridgehead atoms. The summed E-state index contributed by atoms with van der Waals surface area (Å²) in [5.74, 6) is -0.890. The maximum atomic E-state index is 13.4. The molecule has 1 saturated heterocycles. The number of carbonyl (C=O) groups excluding carboxylic acids is 1. The number of aromatic nitrogens is 2. The predicted octanol–water partition coefficient (Wildman–Crippen LogP) is 4.79. The number of hydrogen-bond acceptors (Lipinski definition) is 3. The molecule has 6 heteroatoms. The third-order valence-corrected chi connectivity index (χ3v) is 7.78. The Morgan fingerprint density at radius 3 is 2.52 bits per heavy atom. The molecule has 1 fully saturated rings. The lowest BCUT2D eigenvalue weighted by atomic mass is 9.55. The number of carboxylic acid groups (broad SMARTS) is 1. The number of nitrogens with one attached hydrogen (secondary N) is 1. The van der Waals surface area contributed by atoms with Crippen molar-refractivity contribution >= 4 is 22.9 Å². The van der Waals surface area contributed by atoms with E-state index in [1.54, 1.807) is 18.5 Å². The molecule has 1 aromatic heterocycles. The Bertz CT molecular complexity index is 1180. The van der Waals surface area contributed by atoms with Crippen molar-refractivity contribution < 1.29 is 14.7 Å². The van der Waals surface area contributed by atoms with Crippen LogP contribution >= 0.6 is 0 Å². The molecule has 31 heavy (non-hydrogen) atoms. The number of H-pyrrole nitrogens is 1. The highest BCUT2D eigenvalue weighted by Gasteiger charge is 2.52. The molecule has 162 valence electrons. The summed E-state index contributed by atoms with van der Waals surface area (Å²) in [5, 5.41) is 9.33. The second-order valence-electron chi connectivity index (χ2n) is 9.45. The van der Waals surface area contributed by atoms with Crippen LogP contribution in [0.3, 0.4) is 0 Å². The molecule has 2 heterocycles. The first-order chi connectivity index (χ1) is 14.6. The fraction of sp³-hybridized carbons (Fsp3) is 0.400. The highest BCUT2D eigenvalue weighted by Crippen LogP contribution is 2.52. The lowest BCUT2D eigenvalue weighted by Crippen LogP contribution is -2.60. The Morgan fingerprint density at radius 2 is 1.84 bits per heavy atom. The van der Waals surface area contributed by atoms with Gasteiger partial charge in [-0.1, -0.05) is 26.8 Å². The number of amides is 1. The van der Waals surface area contributed by atoms with E-state index in [0.29, 0.717) is 17.7 Å². The fourth-order valence-electron chi connectivity index (χ4n) is 5.12. The van der Waals surface area contributed by atoms with Crippen LogP contribution in [0.15, 0.2) is 42.7 Å². The monoisotopic (exact) mass is 419 g/mol. The highest BCUT2D eigenvalue weighted by molar-refractivity contribution is 5.97. The molecule has 2 atom stereocenters. The molecule has 4 rings (SSSR count). The van der Waals surface area contributed by atoms with Gasteiger partial charge in [0.25, 0.3) is 5.91 Å². The molecule has 0 saturated carbocycles. The van der Waals surface area contributed by atoms with E-state index in [1.165, 1.54) is 0 Å². The van der Waals surface area contributed by atoms with E-state index in [9.17, 15) is 14.7 Å². The maximum Gasteiger partial charge on any atom is 0.335 e. The van der Waals surface area contributed by atoms with Gasteiger partial charge in [0.15, 0.2) is 0 Å². The quantitative estimate of drug-likeness (QED) is 0.639. The van der Waals surface area contributed by atoms with Crippen molar-refractivity contribution in [1.29, 1.82) is 0 Å². The van der Waals surface area contributed by atoms with Gasteiger partial charge in [-0.2, -0.15) is 0 Å². The second kappa shape index (κ2) is 7.22. The summed E-state index contributed by atoms with van der Waals surface area (Å²) in [6.45, 7) is 11.4. The Morgan fingerprint density at radius 1 is 1.13 bits per heavy atom. The minimum atomic E-state index is -0.915. The normalized spacial score (nSPS) is 23.1. The van der Waals surface area contributed by atoms with Gasteiger partial charge in [-0.25, -0.2) is 9.78 Å². The van der Waals surface area contributed by atoms with Crippen molar-refractivity contribution in [2.24, 2.45) is 5.41 Å². The van der Waals surface area contributed by atoms with Gasteiger partial charge in [-0.15, -0.1) is 0 Å². The highest BCUT2D eigenvalue weighted by atomic mass is 16.4. The summed E-state index contributed by atoms with van der Waals surface area (Å²) in [7, 11) is 0. The number of fused-ring (bicyclic) bond motifs is 1. The molecule has 0 spiro atoms. The SMILES string of the molecule is Cc1cc(C(=O)O)ccc1C1(C)CCN(C(=O)c2ccc3nc[nH]c3c2)C(C)C1(C)C. The first kappa shape index (κ1) is 21.1. The molecule has 6 nitrogen and oxygen atoms in total. The number of aryl methyl sites for hydroxylation is 1. The smallest absolute Gasteiger partial charge is 0.335 e. The molecule has 1 aliphatic heterocycles. The third kappa shape index (κ3) is 3.21. The number of rotatable bonds is 3. The lowest BCUT2D eigenvalue weighted by molar-refractivity contribution is -0.00992. The first-order valence-electron chi connectivity index (χ1n) is 10.6. The topological polar surface area (TPSA) is 86.3 Å². The van der Waals surface area contributed by atoms with Gasteiger partial charge in [-0.3, -0.25) is 4.79 Å². The molecule has 2 N–H and O–H groups in total. The minimum Gasteiger partial charge on any atom is -0.478 e. The number of aromatic carboxylic acids is 1. The zero-order valence-corrected chi connectivity index (χ0v) is 18.7. The van der Waals surface area contributed by atoms with E-state index in [0.717, 1.165) is 28.6 Å². The number of carbonyl (C=O) groups is 2. The summed E-state index contributed by atoms with van der Waals surface area (Å²) < 4.78 is 0. The van der Waals surface area contributed by atoms with Crippen molar-refractivity contribution in [3.63, 3.8) is 0 Å². The first-order valence-corrected chi connectivity index (χ1v) is 10.6. The van der Waals surface area contributed by atoms with Crippen LogP contribution in [0.4, 0.5) is 0 Å². The number of imidazole rings is 1. The van der Waals surface area contributed by atoms with Crippen LogP contribution < -0.4 is 0 Å². The van der Waals surface area contributed by atoms with Crippen LogP contribution in [0.2, 0.25) is 0 Å². The molecule has 0 radical (unpaired) electrons. The number of aromatic amines is 1. The number of hydrogen-bond donors (Lipinski definition) is 2. The summed E-state index contributed by atoms with van der Waals surface area (Å²) in [6, 6.07) is 11.0. The molecular formula is C25H29N3O3. The molecule has 1 aliphatic rings. The average molecular weight is 420 g/mol. The van der Waals surface area contributed by atoms with Gasteiger partial charge in [0, 0.05) is 23.6 Å². The Kier molecular flexibility index (Phi) is 4.91. The molecule has 0 aliphatic carbocycles. The number of benzene rings is 2. The van der Waals surface area contributed by atoms with Gasteiger partial charge < -0.3 is 15.0 Å². The van der Waals surface area contributed by atoms with Crippen molar-refractivity contribution in [2.45, 2.75) is 52.5 Å². The van der Waals surface area contributed by atoms with Crippen molar-refractivity contribution in [2.75, 3.05) is 6.54 Å². The van der Waals surface area contributed by atoms with E-state index < -0.39 is 5.97 Å². The number of carboxylic acids is 1. The van der Waals surface area contributed by atoms with Gasteiger partial charge in [0.1, 0.15) is 0 Å². The molecule has 1 amide bonds. The molecular weight excluding hydrogens is 390 g/mol. The van der Waals surface area contributed by atoms with Gasteiger partial charge in [0.2, 0.25) is 0 Å². The molecule has 3 aromatic rings. The van der Waals surface area contributed by atoms with Gasteiger partial charge >= 0.3 is 5.97 Å². The van der Waals surface area contributed by atoms with Crippen molar-refractivity contribution in [3.8, 4) is 0 Å². The minimum absolute atomic E-state index is 0.00485. The Balaban J connectivity index is 1.66. The van der Waals surface area contributed by atoms with Crippen LogP contribution in [0.1, 0.15) is 66.0 Å². The van der Waals surface area contributed by atoms with Crippen LogP contribution in [-0.4, -0.2) is 44.4 Å². The fourth-order valence-corrected chi connectivity index (χ4v) is 5.12. The van der Waals surface area contributed by atoms with E-state index >= 15 is 0 Å². The number of nitrogens with zero attached hydrogens (tertiary/aromatic N) is 2. The Labute approximate surface area is 182 Å². The van der Waals surface area contributed by atoms with Crippen LogP contribution in [-0.2, 0) is 5.41 Å². The van der Waals surface area contributed by atoms with Crippen molar-refractivity contribution in [3.05, 3.63) is 65.0 Å². The van der Waals surface area contributed by atoms with Crippen LogP contribution in [0, 0.1) is 12.3 Å². The molecule has 2 aromatic carbocycles. The standard InChI is InChI=1S/C25H29N3O3/c1-15-12-18(23(30)31)6-8-19(15)25(5)10-11-28(16(2)24(25,3)4)22(29)17-7-9-20-21(13-17)27-14-26-20/h6-9,12-14,16H,10-11H2,1-5H3,(H,26,27)(H,30,31). The zero-order valence-electron chi connectivity index (χ0n) is 18.7. The Hall–Kier alpha value is -3.15. The van der Waals surface area contributed by atoms with Crippen LogP contribution in [0.5, 0.6) is 0 Å². The molecule has 2 unspecified atom stereocenters. The summed E-state index contributed by atoms with van der Waals surface area (Å²) in [6.07, 6.45) is 2.44. The predicted molar refractivity (Wildman–Crippen MR) is 120 cm³/mol. The van der Waals surface area contributed by atoms with E-state index in [1.807, 2.05) is 36.1 Å². The van der Waals surface area contributed by atoms with Gasteiger partial charge in [0.05, 0.1) is 22.9 Å². The number of likely N-dealkylation sites (tertiary alicyclic amines) is 1. The summed E-state index contributed by atoms with van der Waals surface area (Å²) in [5.41, 5.74) is 4.37. The summed E-state index contributed by atoms with van der Waals surface area (Å²) in [4.78, 5) is 34.1. The zero-order chi connectivity index (χ0) is 22.6. The van der Waals surface area contributed by atoms with Gasteiger partial charge in [-0.05, 0) is 67.1 Å². The maximum absolute atomic E-state index is 13.4.